The van der Waals surface area contributed by atoms with Crippen LogP contribution in [0.5, 0.6) is 5.75 Å². The van der Waals surface area contributed by atoms with Crippen molar-refractivity contribution >= 4 is 42.5 Å². The van der Waals surface area contributed by atoms with E-state index in [0.717, 1.165) is 5.56 Å². The number of fused-ring (bicyclic) bond motifs is 1. The van der Waals surface area contributed by atoms with Crippen molar-refractivity contribution in [1.29, 1.82) is 0 Å². The largest absolute Gasteiger partial charge is 0.515 e. The van der Waals surface area contributed by atoms with Crippen LogP contribution in [0.25, 0.3) is 11.2 Å². The molecule has 0 spiro atoms. The minimum Gasteiger partial charge on any atom is -0.406 e. The van der Waals surface area contributed by atoms with Crippen molar-refractivity contribution in [3.05, 3.63) is 81.4 Å². The van der Waals surface area contributed by atoms with Gasteiger partial charge in [0.15, 0.2) is 11.2 Å². The number of nitrogens with two attached hydrogens (primary N) is 1. The number of aryl methyl sites for hydroxylation is 1. The molecule has 3 N–H and O–H groups in total. The monoisotopic (exact) mass is 577 g/mol. The van der Waals surface area contributed by atoms with Gasteiger partial charge >= 0.3 is 13.8 Å². The zero-order chi connectivity index (χ0) is 27.8. The van der Waals surface area contributed by atoms with E-state index in [2.05, 4.69) is 15.0 Å². The summed E-state index contributed by atoms with van der Waals surface area (Å²) < 4.78 is 41.3. The molecule has 0 amide bonds. The highest BCUT2D eigenvalue weighted by molar-refractivity contribution is 7.53. The molecule has 2 aromatic carbocycles. The van der Waals surface area contributed by atoms with Crippen molar-refractivity contribution in [2.45, 2.75) is 20.1 Å². The first-order chi connectivity index (χ1) is 18.7. The van der Waals surface area contributed by atoms with Gasteiger partial charge in [-0.1, -0.05) is 41.4 Å². The summed E-state index contributed by atoms with van der Waals surface area (Å²) in [6, 6.07) is 13.5. The van der Waals surface area contributed by atoms with Gasteiger partial charge in [-0.3, -0.25) is 18.9 Å². The maximum absolute atomic E-state index is 13.4. The van der Waals surface area contributed by atoms with Crippen molar-refractivity contribution in [2.24, 2.45) is 0 Å². The van der Waals surface area contributed by atoms with Gasteiger partial charge in [0.1, 0.15) is 12.1 Å². The summed E-state index contributed by atoms with van der Waals surface area (Å²) in [5, 5.41) is 0.478. The number of nitrogens with one attached hydrogen (secondary N) is 1. The number of anilines is 1. The number of carbonyl (C=O) groups excluding carboxylic acids is 1. The lowest BCUT2D eigenvalue weighted by atomic mass is 10.2. The minimum atomic E-state index is -3.93. The van der Waals surface area contributed by atoms with Crippen LogP contribution < -0.4 is 16.0 Å². The highest BCUT2D eigenvalue weighted by Crippen LogP contribution is 2.49. The summed E-state index contributed by atoms with van der Waals surface area (Å²) in [5.41, 5.74) is 7.18. The molecule has 1 unspecified atom stereocenters. The predicted molar refractivity (Wildman–Crippen MR) is 141 cm³/mol. The van der Waals surface area contributed by atoms with E-state index in [1.54, 1.807) is 53.1 Å². The molecule has 206 valence electrons. The van der Waals surface area contributed by atoms with Crippen LogP contribution in [0.2, 0.25) is 5.02 Å². The summed E-state index contributed by atoms with van der Waals surface area (Å²) in [5.74, 6) is 0.225. The van der Waals surface area contributed by atoms with Gasteiger partial charge in [0.2, 0.25) is 12.7 Å². The molecule has 39 heavy (non-hydrogen) atoms. The molecule has 4 aromatic rings. The van der Waals surface area contributed by atoms with E-state index in [1.165, 1.54) is 6.33 Å². The first kappa shape index (κ1) is 28.3. The van der Waals surface area contributed by atoms with Gasteiger partial charge in [-0.25, -0.2) is 9.78 Å². The van der Waals surface area contributed by atoms with Crippen molar-refractivity contribution < 1.29 is 32.6 Å². The Hall–Kier alpha value is -3.74. The highest BCUT2D eigenvalue weighted by atomic mass is 35.5. The van der Waals surface area contributed by atoms with Gasteiger partial charge in [-0.05, 0) is 36.8 Å². The Kier molecular flexibility index (Phi) is 9.33. The summed E-state index contributed by atoms with van der Waals surface area (Å²) in [6.07, 6.45) is -0.100. The predicted octanol–water partition coefficient (Wildman–Crippen LogP) is 4.24. The van der Waals surface area contributed by atoms with E-state index >= 15 is 0 Å². The quantitative estimate of drug-likeness (QED) is 0.0811. The number of hydrogen-bond acceptors (Lipinski definition) is 11. The molecule has 0 aliphatic carbocycles. The Morgan fingerprint density at radius 2 is 1.97 bits per heavy atom. The molecule has 0 saturated carbocycles. The van der Waals surface area contributed by atoms with Crippen molar-refractivity contribution in [3.8, 4) is 5.75 Å². The Morgan fingerprint density at radius 3 is 2.74 bits per heavy atom. The number of rotatable bonds is 12. The van der Waals surface area contributed by atoms with Gasteiger partial charge in [-0.2, -0.15) is 4.98 Å². The molecular formula is C24H25ClN5O8P. The third-order valence-corrected chi connectivity index (χ3v) is 6.94. The van der Waals surface area contributed by atoms with E-state index in [9.17, 15) is 14.2 Å². The molecule has 0 aliphatic heterocycles. The fraction of sp³-hybridized carbons (Fsp3) is 0.250. The SMILES string of the molecule is Cc1ccc(OC(=O)OCOP(=O)(COCCn2cnc3c(=O)[nH]c(N)nc32)OCc2cccc(Cl)c2)cc1. The lowest BCUT2D eigenvalue weighted by molar-refractivity contribution is 0.0154. The van der Waals surface area contributed by atoms with E-state index < -0.39 is 32.5 Å². The molecule has 0 fully saturated rings. The van der Waals surface area contributed by atoms with E-state index in [-0.39, 0.29) is 42.6 Å². The average Bonchev–Trinajstić information content (AvgIpc) is 3.30. The first-order valence-electron chi connectivity index (χ1n) is 11.5. The number of imidazole rings is 1. The summed E-state index contributed by atoms with van der Waals surface area (Å²) >= 11 is 6.01. The van der Waals surface area contributed by atoms with Crippen LogP contribution in [0.15, 0.2) is 59.7 Å². The van der Waals surface area contributed by atoms with Crippen LogP contribution in [0, 0.1) is 6.92 Å². The van der Waals surface area contributed by atoms with Gasteiger partial charge in [-0.15, -0.1) is 0 Å². The zero-order valence-electron chi connectivity index (χ0n) is 20.7. The number of hydrogen-bond donors (Lipinski definition) is 2. The number of H-pyrrole nitrogens is 1. The van der Waals surface area contributed by atoms with Gasteiger partial charge in [0, 0.05) is 11.6 Å². The van der Waals surface area contributed by atoms with Crippen molar-refractivity contribution in [2.75, 3.05) is 25.5 Å². The van der Waals surface area contributed by atoms with E-state index in [1.807, 2.05) is 6.92 Å². The molecule has 2 heterocycles. The van der Waals surface area contributed by atoms with Crippen LogP contribution in [-0.2, 0) is 36.2 Å². The molecule has 13 nitrogen and oxygen atoms in total. The highest BCUT2D eigenvalue weighted by Gasteiger charge is 2.27. The maximum atomic E-state index is 13.4. The summed E-state index contributed by atoms with van der Waals surface area (Å²) in [6.45, 7) is 1.32. The topological polar surface area (TPSA) is 170 Å². The number of nitrogen functional groups attached to an aromatic ring is 1. The molecule has 0 bridgehead atoms. The molecule has 15 heteroatoms. The second-order valence-corrected chi connectivity index (χ2v) is 10.6. The number of halogens is 1. The second kappa shape index (κ2) is 12.9. The molecule has 4 rings (SSSR count). The molecule has 0 aliphatic rings. The smallest absolute Gasteiger partial charge is 0.406 e. The van der Waals surface area contributed by atoms with Crippen LogP contribution in [0.3, 0.4) is 0 Å². The third-order valence-electron chi connectivity index (χ3n) is 5.18. The number of benzene rings is 2. The number of carbonyl (C=O) groups is 1. The Bertz CT molecular complexity index is 1540. The molecule has 0 saturated heterocycles. The van der Waals surface area contributed by atoms with E-state index in [4.69, 9.17) is 40.6 Å². The Labute approximate surface area is 227 Å². The van der Waals surface area contributed by atoms with Crippen molar-refractivity contribution in [1.82, 2.24) is 19.5 Å². The summed E-state index contributed by atoms with van der Waals surface area (Å²) in [4.78, 5) is 34.4. The fourth-order valence-electron chi connectivity index (χ4n) is 3.27. The summed E-state index contributed by atoms with van der Waals surface area (Å²) in [7, 11) is -3.93. The third kappa shape index (κ3) is 8.12. The average molecular weight is 578 g/mol. The van der Waals surface area contributed by atoms with Gasteiger partial charge in [0.05, 0.1) is 19.5 Å². The maximum Gasteiger partial charge on any atom is 0.515 e. The molecular weight excluding hydrogens is 553 g/mol. The number of aromatic nitrogens is 4. The van der Waals surface area contributed by atoms with Crippen LogP contribution in [0.4, 0.5) is 10.7 Å². The zero-order valence-corrected chi connectivity index (χ0v) is 22.4. The Balaban J connectivity index is 1.34. The van der Waals surface area contributed by atoms with Crippen molar-refractivity contribution in [3.63, 3.8) is 0 Å². The van der Waals surface area contributed by atoms with Crippen LogP contribution >= 0.6 is 19.2 Å². The minimum absolute atomic E-state index is 0.0318. The van der Waals surface area contributed by atoms with Crippen LogP contribution in [-0.4, -0.2) is 45.4 Å². The number of aromatic amines is 1. The number of ether oxygens (including phenoxy) is 3. The van der Waals surface area contributed by atoms with Gasteiger partial charge < -0.3 is 29.0 Å². The lowest BCUT2D eigenvalue weighted by Crippen LogP contribution is -2.15. The Morgan fingerprint density at radius 1 is 1.18 bits per heavy atom. The second-order valence-electron chi connectivity index (χ2n) is 8.17. The fourth-order valence-corrected chi connectivity index (χ4v) is 4.62. The number of nitrogens with zero attached hydrogens (tertiary/aromatic N) is 3. The molecule has 1 atom stereocenters. The van der Waals surface area contributed by atoms with Crippen LogP contribution in [0.1, 0.15) is 11.1 Å². The van der Waals surface area contributed by atoms with E-state index in [0.29, 0.717) is 10.6 Å². The molecule has 0 radical (unpaired) electrons. The first-order valence-corrected chi connectivity index (χ1v) is 13.6. The molecule has 2 aromatic heterocycles. The standard InChI is InChI=1S/C24H25ClN5O8P/c1-16-5-7-19(8-6-16)38-24(32)35-14-37-39(33,36-12-17-3-2-4-18(25)11-17)15-34-10-9-30-13-27-20-21(30)28-23(26)29-22(20)31/h2-8,11,13H,9-10,12,14-15H2,1H3,(H3,26,28,29,31). The van der Waals surface area contributed by atoms with Gasteiger partial charge in [0.25, 0.3) is 5.56 Å². The normalized spacial score (nSPS) is 12.8. The lowest BCUT2D eigenvalue weighted by Gasteiger charge is -2.19.